The van der Waals surface area contributed by atoms with Gasteiger partial charge in [-0.25, -0.2) is 0 Å². The van der Waals surface area contributed by atoms with Crippen LogP contribution in [0.4, 0.5) is 13.2 Å². The lowest BCUT2D eigenvalue weighted by molar-refractivity contribution is -0.173. The maximum atomic E-state index is 11.9. The van der Waals surface area contributed by atoms with E-state index in [0.717, 1.165) is 6.92 Å². The van der Waals surface area contributed by atoms with E-state index in [0.29, 0.717) is 0 Å². The molecule has 0 aromatic heterocycles. The molecule has 0 spiro atoms. The zero-order valence-electron chi connectivity index (χ0n) is 7.65. The Bertz CT molecular complexity index is 165. The third-order valence-electron chi connectivity index (χ3n) is 1.65. The molecule has 0 bridgehead atoms. The third-order valence-corrected chi connectivity index (χ3v) is 1.65. The summed E-state index contributed by atoms with van der Waals surface area (Å²) in [4.78, 5) is 10.7. The van der Waals surface area contributed by atoms with Crippen LogP contribution in [0.5, 0.6) is 0 Å². The quantitative estimate of drug-likeness (QED) is 0.649. The summed E-state index contributed by atoms with van der Waals surface area (Å²) in [6.45, 7) is 2.88. The van der Waals surface area contributed by atoms with Crippen LogP contribution in [-0.4, -0.2) is 18.8 Å². The number of alkyl halides is 3. The summed E-state index contributed by atoms with van der Waals surface area (Å²) in [7, 11) is 0. The Balaban J connectivity index is 3.70. The molecule has 13 heavy (non-hydrogen) atoms. The molecule has 2 nitrogen and oxygen atoms in total. The van der Waals surface area contributed by atoms with Gasteiger partial charge in [0.25, 0.3) is 0 Å². The van der Waals surface area contributed by atoms with Gasteiger partial charge in [0.2, 0.25) is 0 Å². The van der Waals surface area contributed by atoms with E-state index >= 15 is 0 Å². The van der Waals surface area contributed by atoms with Gasteiger partial charge < -0.3 is 4.74 Å². The first-order valence-electron chi connectivity index (χ1n) is 4.10. The zero-order chi connectivity index (χ0) is 10.5. The maximum absolute atomic E-state index is 11.9. The lowest BCUT2D eigenvalue weighted by atomic mass is 10.1. The van der Waals surface area contributed by atoms with Crippen molar-refractivity contribution in [3.05, 3.63) is 0 Å². The van der Waals surface area contributed by atoms with Crippen molar-refractivity contribution in [2.24, 2.45) is 5.92 Å². The van der Waals surface area contributed by atoms with Crippen LogP contribution in [0.2, 0.25) is 0 Å². The molecule has 78 valence electrons. The second kappa shape index (κ2) is 5.09. The van der Waals surface area contributed by atoms with Crippen molar-refractivity contribution >= 4 is 5.97 Å². The highest BCUT2D eigenvalue weighted by molar-refractivity contribution is 5.69. The first-order valence-corrected chi connectivity index (χ1v) is 4.10. The summed E-state index contributed by atoms with van der Waals surface area (Å²) >= 11 is 0. The van der Waals surface area contributed by atoms with Gasteiger partial charge in [-0.3, -0.25) is 4.79 Å². The number of carbonyl (C=O) groups excluding carboxylic acids is 1. The SMILES string of the molecule is CCOC(=O)CCC(C)C(F)(F)F. The van der Waals surface area contributed by atoms with E-state index in [1.165, 1.54) is 0 Å². The van der Waals surface area contributed by atoms with Crippen LogP contribution in [0.3, 0.4) is 0 Å². The molecule has 0 saturated carbocycles. The van der Waals surface area contributed by atoms with E-state index in [4.69, 9.17) is 0 Å². The van der Waals surface area contributed by atoms with Gasteiger partial charge in [0.05, 0.1) is 12.5 Å². The zero-order valence-corrected chi connectivity index (χ0v) is 7.65. The van der Waals surface area contributed by atoms with Crippen LogP contribution >= 0.6 is 0 Å². The van der Waals surface area contributed by atoms with E-state index in [1.54, 1.807) is 6.92 Å². The molecule has 0 aromatic carbocycles. The Hall–Kier alpha value is -0.740. The van der Waals surface area contributed by atoms with Gasteiger partial charge in [0.1, 0.15) is 0 Å². The number of carbonyl (C=O) groups is 1. The second-order valence-corrected chi connectivity index (χ2v) is 2.79. The standard InChI is InChI=1S/C8H13F3O2/c1-3-13-7(12)5-4-6(2)8(9,10)11/h6H,3-5H2,1-2H3. The van der Waals surface area contributed by atoms with Gasteiger partial charge in [-0.2, -0.15) is 13.2 Å². The average molecular weight is 198 g/mol. The fourth-order valence-electron chi connectivity index (χ4n) is 0.731. The molecule has 1 unspecified atom stereocenters. The number of esters is 1. The van der Waals surface area contributed by atoms with Gasteiger partial charge in [-0.15, -0.1) is 0 Å². The fraction of sp³-hybridized carbons (Fsp3) is 0.875. The summed E-state index contributed by atoms with van der Waals surface area (Å²) < 4.78 is 40.3. The number of hydrogen-bond donors (Lipinski definition) is 0. The number of rotatable bonds is 4. The molecule has 0 aromatic rings. The second-order valence-electron chi connectivity index (χ2n) is 2.79. The summed E-state index contributed by atoms with van der Waals surface area (Å²) in [5, 5.41) is 0. The lowest BCUT2D eigenvalue weighted by Gasteiger charge is -2.14. The first kappa shape index (κ1) is 12.3. The van der Waals surface area contributed by atoms with E-state index in [1.807, 2.05) is 0 Å². The van der Waals surface area contributed by atoms with Crippen LogP contribution in [0.1, 0.15) is 26.7 Å². The molecule has 1 atom stereocenters. The molecule has 0 radical (unpaired) electrons. The number of ether oxygens (including phenoxy) is 1. The van der Waals surface area contributed by atoms with E-state index in [-0.39, 0.29) is 19.4 Å². The van der Waals surface area contributed by atoms with E-state index in [9.17, 15) is 18.0 Å². The number of halogens is 3. The molecule has 0 heterocycles. The molecular formula is C8H13F3O2. The van der Waals surface area contributed by atoms with Crippen LogP contribution < -0.4 is 0 Å². The highest BCUT2D eigenvalue weighted by Crippen LogP contribution is 2.29. The Morgan fingerprint density at radius 3 is 2.38 bits per heavy atom. The van der Waals surface area contributed by atoms with Crippen LogP contribution in [-0.2, 0) is 9.53 Å². The lowest BCUT2D eigenvalue weighted by Crippen LogP contribution is -2.21. The molecule has 0 saturated heterocycles. The normalized spacial score (nSPS) is 13.9. The van der Waals surface area contributed by atoms with E-state index in [2.05, 4.69) is 4.74 Å². The van der Waals surface area contributed by atoms with Gasteiger partial charge in [-0.05, 0) is 13.3 Å². The van der Waals surface area contributed by atoms with Crippen molar-refractivity contribution in [3.8, 4) is 0 Å². The summed E-state index contributed by atoms with van der Waals surface area (Å²) in [6, 6.07) is 0. The minimum atomic E-state index is -4.22. The molecule has 0 fully saturated rings. The first-order chi connectivity index (χ1) is 5.88. The molecule has 0 aliphatic rings. The largest absolute Gasteiger partial charge is 0.466 e. The smallest absolute Gasteiger partial charge is 0.391 e. The molecule has 0 aliphatic carbocycles. The Labute approximate surface area is 75.1 Å². The molecule has 0 aliphatic heterocycles. The minimum absolute atomic E-state index is 0.172. The Kier molecular flexibility index (Phi) is 4.80. The predicted molar refractivity (Wildman–Crippen MR) is 41.1 cm³/mol. The van der Waals surface area contributed by atoms with Crippen molar-refractivity contribution in [1.29, 1.82) is 0 Å². The molecular weight excluding hydrogens is 185 g/mol. The van der Waals surface area contributed by atoms with Crippen molar-refractivity contribution in [2.45, 2.75) is 32.9 Å². The Morgan fingerprint density at radius 2 is 2.00 bits per heavy atom. The summed E-state index contributed by atoms with van der Waals surface area (Å²) in [5.74, 6) is -2.02. The molecule has 5 heteroatoms. The van der Waals surface area contributed by atoms with Crippen molar-refractivity contribution < 1.29 is 22.7 Å². The predicted octanol–water partition coefficient (Wildman–Crippen LogP) is 2.53. The average Bonchev–Trinajstić information content (AvgIpc) is 1.99. The van der Waals surface area contributed by atoms with Crippen LogP contribution in [0.15, 0.2) is 0 Å². The van der Waals surface area contributed by atoms with Gasteiger partial charge >= 0.3 is 12.1 Å². The minimum Gasteiger partial charge on any atom is -0.466 e. The summed E-state index contributed by atoms with van der Waals surface area (Å²) in [5.41, 5.74) is 0. The highest BCUT2D eigenvalue weighted by Gasteiger charge is 2.35. The molecule has 0 amide bonds. The van der Waals surface area contributed by atoms with Crippen molar-refractivity contribution in [1.82, 2.24) is 0 Å². The van der Waals surface area contributed by atoms with Gasteiger partial charge in [0.15, 0.2) is 0 Å². The number of hydrogen-bond acceptors (Lipinski definition) is 2. The van der Waals surface area contributed by atoms with Crippen molar-refractivity contribution in [3.63, 3.8) is 0 Å². The topological polar surface area (TPSA) is 26.3 Å². The highest BCUT2D eigenvalue weighted by atomic mass is 19.4. The third kappa shape index (κ3) is 5.49. The maximum Gasteiger partial charge on any atom is 0.391 e. The van der Waals surface area contributed by atoms with Crippen LogP contribution in [0.25, 0.3) is 0 Å². The molecule has 0 rings (SSSR count). The monoisotopic (exact) mass is 198 g/mol. The van der Waals surface area contributed by atoms with Crippen LogP contribution in [0, 0.1) is 5.92 Å². The van der Waals surface area contributed by atoms with Gasteiger partial charge in [0, 0.05) is 6.42 Å². The molecule has 0 N–H and O–H groups in total. The Morgan fingerprint density at radius 1 is 1.46 bits per heavy atom. The van der Waals surface area contributed by atoms with E-state index < -0.39 is 18.1 Å². The van der Waals surface area contributed by atoms with Crippen molar-refractivity contribution in [2.75, 3.05) is 6.61 Å². The fourth-order valence-corrected chi connectivity index (χ4v) is 0.731. The van der Waals surface area contributed by atoms with Gasteiger partial charge in [-0.1, -0.05) is 6.92 Å². The summed E-state index contributed by atoms with van der Waals surface area (Å²) in [6.07, 6.45) is -4.59.